The molecule has 1 aromatic heterocycles. The van der Waals surface area contributed by atoms with Gasteiger partial charge in [-0.15, -0.1) is 0 Å². The lowest BCUT2D eigenvalue weighted by molar-refractivity contribution is 0.366. The highest BCUT2D eigenvalue weighted by Gasteiger charge is 2.27. The Bertz CT molecular complexity index is 385. The minimum Gasteiger partial charge on any atom is -0.367 e. The van der Waals surface area contributed by atoms with E-state index in [-0.39, 0.29) is 5.54 Å². The normalized spacial score (nSPS) is 25.5. The largest absolute Gasteiger partial charge is 0.367 e. The Morgan fingerprint density at radius 2 is 2.28 bits per heavy atom. The Morgan fingerprint density at radius 1 is 1.50 bits per heavy atom. The van der Waals surface area contributed by atoms with Gasteiger partial charge < -0.3 is 10.2 Å². The van der Waals surface area contributed by atoms with Crippen molar-refractivity contribution in [1.29, 1.82) is 0 Å². The highest BCUT2D eigenvalue weighted by molar-refractivity contribution is 5.43. The van der Waals surface area contributed by atoms with Crippen molar-refractivity contribution in [2.75, 3.05) is 24.5 Å². The summed E-state index contributed by atoms with van der Waals surface area (Å²) in [5.74, 6) is 0. The van der Waals surface area contributed by atoms with E-state index < -0.39 is 0 Å². The fraction of sp³-hybridized carbons (Fsp3) is 0.786. The van der Waals surface area contributed by atoms with Crippen molar-refractivity contribution in [1.82, 2.24) is 15.1 Å². The number of nitrogens with zero attached hydrogens (tertiary/aromatic N) is 3. The van der Waals surface area contributed by atoms with Crippen LogP contribution in [0.25, 0.3) is 0 Å². The van der Waals surface area contributed by atoms with Crippen LogP contribution in [0.3, 0.4) is 0 Å². The summed E-state index contributed by atoms with van der Waals surface area (Å²) in [5, 5.41) is 8.12. The summed E-state index contributed by atoms with van der Waals surface area (Å²) in [7, 11) is 0. The monoisotopic (exact) mass is 250 g/mol. The molecular weight excluding hydrogens is 224 g/mol. The van der Waals surface area contributed by atoms with Crippen molar-refractivity contribution in [3.05, 3.63) is 12.4 Å². The molecule has 0 radical (unpaired) electrons. The maximum Gasteiger partial charge on any atom is 0.0753 e. The average Bonchev–Trinajstić information content (AvgIpc) is 2.75. The lowest BCUT2D eigenvalue weighted by Crippen LogP contribution is -2.48. The van der Waals surface area contributed by atoms with Gasteiger partial charge in [-0.1, -0.05) is 6.92 Å². The molecule has 0 aromatic carbocycles. The highest BCUT2D eigenvalue weighted by atomic mass is 15.3. The Hall–Kier alpha value is -1.03. The molecule has 4 heteroatoms. The molecular formula is C14H26N4. The summed E-state index contributed by atoms with van der Waals surface area (Å²) >= 11 is 0. The van der Waals surface area contributed by atoms with Crippen LogP contribution in [0.4, 0.5) is 5.69 Å². The van der Waals surface area contributed by atoms with Crippen molar-refractivity contribution in [2.24, 2.45) is 0 Å². The summed E-state index contributed by atoms with van der Waals surface area (Å²) in [6.07, 6.45) is 6.53. The minimum absolute atomic E-state index is 0.219. The van der Waals surface area contributed by atoms with Gasteiger partial charge in [-0.05, 0) is 40.2 Å². The smallest absolute Gasteiger partial charge is 0.0753 e. The van der Waals surface area contributed by atoms with Gasteiger partial charge in [-0.25, -0.2) is 0 Å². The molecule has 2 rings (SSSR count). The molecule has 1 N–H and O–H groups in total. The molecule has 1 fully saturated rings. The highest BCUT2D eigenvalue weighted by Crippen LogP contribution is 2.22. The second-order valence-electron chi connectivity index (χ2n) is 5.89. The lowest BCUT2D eigenvalue weighted by atomic mass is 9.98. The zero-order valence-corrected chi connectivity index (χ0v) is 12.1. The van der Waals surface area contributed by atoms with Gasteiger partial charge in [0, 0.05) is 30.9 Å². The molecule has 1 aliphatic heterocycles. The third kappa shape index (κ3) is 2.86. The molecule has 4 nitrogen and oxygen atoms in total. The third-order valence-electron chi connectivity index (χ3n) is 3.96. The van der Waals surface area contributed by atoms with Crippen molar-refractivity contribution in [3.8, 4) is 0 Å². The second kappa shape index (κ2) is 5.31. The molecule has 0 aliphatic carbocycles. The summed E-state index contributed by atoms with van der Waals surface area (Å²) in [5.41, 5.74) is 1.48. The van der Waals surface area contributed by atoms with Gasteiger partial charge in [0.15, 0.2) is 0 Å². The molecule has 102 valence electrons. The number of anilines is 1. The van der Waals surface area contributed by atoms with E-state index in [4.69, 9.17) is 0 Å². The van der Waals surface area contributed by atoms with Gasteiger partial charge in [-0.2, -0.15) is 5.10 Å². The standard InChI is InChI=1S/C14H26N4/c1-5-14(4)11-17(8-6-7-15-14)13-9-16-18(10-13)12(2)3/h9-10,12,15H,5-8,11H2,1-4H3. The first kappa shape index (κ1) is 13.4. The van der Waals surface area contributed by atoms with Crippen molar-refractivity contribution >= 4 is 5.69 Å². The summed E-state index contributed by atoms with van der Waals surface area (Å²) in [6.45, 7) is 12.2. The first-order valence-electron chi connectivity index (χ1n) is 7.08. The Labute approximate surface area is 110 Å². The fourth-order valence-corrected chi connectivity index (χ4v) is 2.45. The van der Waals surface area contributed by atoms with E-state index in [2.05, 4.69) is 49.2 Å². The summed E-state index contributed by atoms with van der Waals surface area (Å²) in [6, 6.07) is 0.432. The topological polar surface area (TPSA) is 33.1 Å². The van der Waals surface area contributed by atoms with E-state index in [9.17, 15) is 0 Å². The van der Waals surface area contributed by atoms with E-state index >= 15 is 0 Å². The van der Waals surface area contributed by atoms with Gasteiger partial charge in [-0.3, -0.25) is 4.68 Å². The molecule has 1 atom stereocenters. The Balaban J connectivity index is 2.15. The van der Waals surface area contributed by atoms with Gasteiger partial charge >= 0.3 is 0 Å². The summed E-state index contributed by atoms with van der Waals surface area (Å²) in [4.78, 5) is 2.47. The van der Waals surface area contributed by atoms with Crippen LogP contribution in [0.5, 0.6) is 0 Å². The predicted molar refractivity (Wildman–Crippen MR) is 76.1 cm³/mol. The zero-order chi connectivity index (χ0) is 13.2. The molecule has 2 heterocycles. The van der Waals surface area contributed by atoms with Crippen LogP contribution in [0, 0.1) is 0 Å². The van der Waals surface area contributed by atoms with Crippen LogP contribution in [0.2, 0.25) is 0 Å². The zero-order valence-electron chi connectivity index (χ0n) is 12.1. The molecule has 1 saturated heterocycles. The minimum atomic E-state index is 0.219. The van der Waals surface area contributed by atoms with Crippen LogP contribution in [-0.2, 0) is 0 Å². The third-order valence-corrected chi connectivity index (χ3v) is 3.96. The molecule has 0 bridgehead atoms. The maximum atomic E-state index is 4.45. The number of hydrogen-bond acceptors (Lipinski definition) is 3. The first-order chi connectivity index (χ1) is 8.54. The van der Waals surface area contributed by atoms with E-state index in [1.807, 2.05) is 10.9 Å². The number of aromatic nitrogens is 2. The van der Waals surface area contributed by atoms with E-state index in [0.29, 0.717) is 6.04 Å². The van der Waals surface area contributed by atoms with Crippen LogP contribution >= 0.6 is 0 Å². The molecule has 0 amide bonds. The van der Waals surface area contributed by atoms with Crippen LogP contribution in [0.1, 0.15) is 46.6 Å². The average molecular weight is 250 g/mol. The van der Waals surface area contributed by atoms with Crippen molar-refractivity contribution < 1.29 is 0 Å². The Kier molecular flexibility index (Phi) is 3.95. The first-order valence-corrected chi connectivity index (χ1v) is 7.08. The lowest BCUT2D eigenvalue weighted by Gasteiger charge is -2.33. The molecule has 18 heavy (non-hydrogen) atoms. The molecule has 0 saturated carbocycles. The van der Waals surface area contributed by atoms with Gasteiger partial charge in [0.25, 0.3) is 0 Å². The SMILES string of the molecule is CCC1(C)CN(c2cnn(C(C)C)c2)CCCN1. The van der Waals surface area contributed by atoms with Crippen LogP contribution in [-0.4, -0.2) is 35.0 Å². The molecule has 1 unspecified atom stereocenters. The van der Waals surface area contributed by atoms with Crippen molar-refractivity contribution in [2.45, 2.75) is 52.1 Å². The fourth-order valence-electron chi connectivity index (χ4n) is 2.45. The molecule has 1 aliphatic rings. The molecule has 1 aromatic rings. The predicted octanol–water partition coefficient (Wildman–Crippen LogP) is 2.43. The van der Waals surface area contributed by atoms with E-state index in [1.54, 1.807) is 0 Å². The van der Waals surface area contributed by atoms with E-state index in [0.717, 1.165) is 26.1 Å². The van der Waals surface area contributed by atoms with E-state index in [1.165, 1.54) is 12.1 Å². The van der Waals surface area contributed by atoms with Gasteiger partial charge in [0.1, 0.15) is 0 Å². The maximum absolute atomic E-state index is 4.45. The van der Waals surface area contributed by atoms with Crippen LogP contribution in [0.15, 0.2) is 12.4 Å². The Morgan fingerprint density at radius 3 is 2.89 bits per heavy atom. The molecule has 0 spiro atoms. The van der Waals surface area contributed by atoms with Crippen molar-refractivity contribution in [3.63, 3.8) is 0 Å². The number of nitrogens with one attached hydrogen (secondary N) is 1. The quantitative estimate of drug-likeness (QED) is 0.894. The summed E-state index contributed by atoms with van der Waals surface area (Å²) < 4.78 is 2.04. The van der Waals surface area contributed by atoms with Gasteiger partial charge in [0.05, 0.1) is 11.9 Å². The number of rotatable bonds is 3. The number of hydrogen-bond donors (Lipinski definition) is 1. The van der Waals surface area contributed by atoms with Crippen LogP contribution < -0.4 is 10.2 Å². The van der Waals surface area contributed by atoms with Gasteiger partial charge in [0.2, 0.25) is 0 Å². The second-order valence-corrected chi connectivity index (χ2v) is 5.89.